The van der Waals surface area contributed by atoms with Gasteiger partial charge in [0.05, 0.1) is 5.02 Å². The van der Waals surface area contributed by atoms with E-state index in [9.17, 15) is 8.78 Å². The van der Waals surface area contributed by atoms with Crippen LogP contribution in [0.4, 0.5) is 14.7 Å². The molecule has 27 heavy (non-hydrogen) atoms. The van der Waals surface area contributed by atoms with Gasteiger partial charge in [0.15, 0.2) is 0 Å². The maximum atomic E-state index is 13.6. The van der Waals surface area contributed by atoms with E-state index in [0.717, 1.165) is 22.2 Å². The van der Waals surface area contributed by atoms with Crippen molar-refractivity contribution in [3.63, 3.8) is 0 Å². The third-order valence-electron chi connectivity index (χ3n) is 4.17. The van der Waals surface area contributed by atoms with Crippen LogP contribution in [0.5, 0.6) is 0 Å². The zero-order chi connectivity index (χ0) is 18.8. The number of nitrogens with one attached hydrogen (secondary N) is 2. The summed E-state index contributed by atoms with van der Waals surface area (Å²) < 4.78 is 27.3. The molecule has 0 radical (unpaired) electrons. The number of anilines is 1. The van der Waals surface area contributed by atoms with Crippen LogP contribution in [0.3, 0.4) is 0 Å². The molecule has 136 valence electrons. The summed E-state index contributed by atoms with van der Waals surface area (Å²) >= 11 is 6.02. The predicted octanol–water partition coefficient (Wildman–Crippen LogP) is 4.49. The molecule has 1 aromatic carbocycles. The number of aromatic nitrogens is 4. The van der Waals surface area contributed by atoms with Gasteiger partial charge < -0.3 is 10.3 Å². The number of aromatic amines is 1. The topological polar surface area (TPSA) is 66.5 Å². The highest BCUT2D eigenvalue weighted by molar-refractivity contribution is 6.31. The third-order valence-corrected chi connectivity index (χ3v) is 4.37. The normalized spacial score (nSPS) is 11.1. The highest BCUT2D eigenvalue weighted by atomic mass is 35.5. The number of rotatable bonds is 5. The second kappa shape index (κ2) is 7.28. The lowest BCUT2D eigenvalue weighted by atomic mass is 10.1. The molecule has 0 bridgehead atoms. The third kappa shape index (κ3) is 3.73. The van der Waals surface area contributed by atoms with Crippen molar-refractivity contribution in [1.29, 1.82) is 0 Å². The van der Waals surface area contributed by atoms with Gasteiger partial charge in [-0.2, -0.15) is 0 Å². The van der Waals surface area contributed by atoms with Crippen molar-refractivity contribution < 1.29 is 8.78 Å². The van der Waals surface area contributed by atoms with E-state index in [1.807, 2.05) is 12.3 Å². The van der Waals surface area contributed by atoms with Crippen LogP contribution < -0.4 is 5.32 Å². The Kier molecular flexibility index (Phi) is 4.68. The minimum atomic E-state index is -0.606. The van der Waals surface area contributed by atoms with Crippen molar-refractivity contribution in [2.24, 2.45) is 0 Å². The standard InChI is InChI=1S/C19H14ClF2N5/c20-13-5-14-12(8-23-18(14)24-9-13)4-11-6-25-19(26-7-11)27-10-15-16(21)2-1-3-17(15)22/h1-3,5-9H,4,10H2,(H,23,24)(H,25,26,27). The van der Waals surface area contributed by atoms with E-state index in [-0.39, 0.29) is 12.1 Å². The Hall–Kier alpha value is -3.06. The summed E-state index contributed by atoms with van der Waals surface area (Å²) in [6.45, 7) is -0.0372. The molecule has 4 rings (SSSR count). The first kappa shape index (κ1) is 17.4. The van der Waals surface area contributed by atoms with Crippen molar-refractivity contribution in [3.8, 4) is 0 Å². The average Bonchev–Trinajstić information content (AvgIpc) is 3.04. The number of benzene rings is 1. The van der Waals surface area contributed by atoms with E-state index in [1.165, 1.54) is 18.2 Å². The quantitative estimate of drug-likeness (QED) is 0.531. The van der Waals surface area contributed by atoms with Crippen LogP contribution in [0.25, 0.3) is 11.0 Å². The van der Waals surface area contributed by atoms with Gasteiger partial charge in [-0.15, -0.1) is 0 Å². The molecule has 0 aliphatic rings. The molecule has 0 atom stereocenters. The smallest absolute Gasteiger partial charge is 0.222 e. The molecule has 3 aromatic heterocycles. The van der Waals surface area contributed by atoms with Crippen LogP contribution in [-0.4, -0.2) is 19.9 Å². The SMILES string of the molecule is Fc1cccc(F)c1CNc1ncc(Cc2c[nH]c3ncc(Cl)cc23)cn1. The Bertz CT molecular complexity index is 1070. The number of hydrogen-bond donors (Lipinski definition) is 2. The fourth-order valence-electron chi connectivity index (χ4n) is 2.80. The molecular formula is C19H14ClF2N5. The van der Waals surface area contributed by atoms with Crippen molar-refractivity contribution >= 4 is 28.6 Å². The molecule has 8 heteroatoms. The number of fused-ring (bicyclic) bond motifs is 1. The molecule has 0 saturated carbocycles. The van der Waals surface area contributed by atoms with E-state index in [4.69, 9.17) is 11.6 Å². The van der Waals surface area contributed by atoms with Crippen LogP contribution in [0.2, 0.25) is 5.02 Å². The number of H-pyrrole nitrogens is 1. The molecule has 5 nitrogen and oxygen atoms in total. The fourth-order valence-corrected chi connectivity index (χ4v) is 2.96. The lowest BCUT2D eigenvalue weighted by Gasteiger charge is -2.07. The number of pyridine rings is 1. The summed E-state index contributed by atoms with van der Waals surface area (Å²) in [6, 6.07) is 5.61. The highest BCUT2D eigenvalue weighted by Crippen LogP contribution is 2.22. The van der Waals surface area contributed by atoms with Gasteiger partial charge in [0.2, 0.25) is 5.95 Å². The highest BCUT2D eigenvalue weighted by Gasteiger charge is 2.10. The summed E-state index contributed by atoms with van der Waals surface area (Å²) in [6.07, 6.45) is 7.41. The summed E-state index contributed by atoms with van der Waals surface area (Å²) in [4.78, 5) is 15.8. The van der Waals surface area contributed by atoms with Gasteiger partial charge >= 0.3 is 0 Å². The first-order valence-electron chi connectivity index (χ1n) is 8.19. The van der Waals surface area contributed by atoms with Crippen molar-refractivity contribution in [2.75, 3.05) is 5.32 Å². The zero-order valence-corrected chi connectivity index (χ0v) is 14.8. The molecule has 0 aliphatic heterocycles. The van der Waals surface area contributed by atoms with Gasteiger partial charge in [0, 0.05) is 48.7 Å². The zero-order valence-electron chi connectivity index (χ0n) is 14.0. The fraction of sp³-hybridized carbons (Fsp3) is 0.105. The molecular weight excluding hydrogens is 372 g/mol. The van der Waals surface area contributed by atoms with Crippen molar-refractivity contribution in [3.05, 3.63) is 82.4 Å². The number of hydrogen-bond acceptors (Lipinski definition) is 4. The van der Waals surface area contributed by atoms with Gasteiger partial charge in [-0.25, -0.2) is 23.7 Å². The van der Waals surface area contributed by atoms with Gasteiger partial charge in [-0.3, -0.25) is 0 Å². The number of halogens is 3. The minimum Gasteiger partial charge on any atom is -0.350 e. The first-order chi connectivity index (χ1) is 13.1. The minimum absolute atomic E-state index is 0.0372. The molecule has 0 aliphatic carbocycles. The second-order valence-corrected chi connectivity index (χ2v) is 6.45. The predicted molar refractivity (Wildman–Crippen MR) is 99.6 cm³/mol. The van der Waals surface area contributed by atoms with E-state index in [2.05, 4.69) is 25.3 Å². The maximum absolute atomic E-state index is 13.6. The van der Waals surface area contributed by atoms with E-state index in [1.54, 1.807) is 18.6 Å². The van der Waals surface area contributed by atoms with E-state index in [0.29, 0.717) is 17.4 Å². The summed E-state index contributed by atoms with van der Waals surface area (Å²) in [5, 5.41) is 4.34. The molecule has 0 saturated heterocycles. The molecule has 3 heterocycles. The number of nitrogens with zero attached hydrogens (tertiary/aromatic N) is 3. The molecule has 4 aromatic rings. The monoisotopic (exact) mass is 385 g/mol. The van der Waals surface area contributed by atoms with Crippen LogP contribution in [0.15, 0.2) is 49.1 Å². The van der Waals surface area contributed by atoms with Crippen LogP contribution in [-0.2, 0) is 13.0 Å². The molecule has 2 N–H and O–H groups in total. The average molecular weight is 386 g/mol. The van der Waals surface area contributed by atoms with Crippen LogP contribution >= 0.6 is 11.6 Å². The largest absolute Gasteiger partial charge is 0.350 e. The first-order valence-corrected chi connectivity index (χ1v) is 8.57. The van der Waals surface area contributed by atoms with Gasteiger partial charge in [-0.05, 0) is 29.3 Å². The van der Waals surface area contributed by atoms with E-state index >= 15 is 0 Å². The lowest BCUT2D eigenvalue weighted by Crippen LogP contribution is -2.07. The van der Waals surface area contributed by atoms with E-state index < -0.39 is 11.6 Å². The molecule has 0 spiro atoms. The Labute approximate surface area is 158 Å². The van der Waals surface area contributed by atoms with Gasteiger partial charge in [0.1, 0.15) is 17.3 Å². The van der Waals surface area contributed by atoms with Gasteiger partial charge in [-0.1, -0.05) is 17.7 Å². The van der Waals surface area contributed by atoms with Crippen LogP contribution in [0, 0.1) is 11.6 Å². The molecule has 0 unspecified atom stereocenters. The Morgan fingerprint density at radius 1 is 1.04 bits per heavy atom. The Balaban J connectivity index is 1.46. The van der Waals surface area contributed by atoms with Crippen molar-refractivity contribution in [1.82, 2.24) is 19.9 Å². The Morgan fingerprint density at radius 2 is 1.78 bits per heavy atom. The van der Waals surface area contributed by atoms with Crippen molar-refractivity contribution in [2.45, 2.75) is 13.0 Å². The lowest BCUT2D eigenvalue weighted by molar-refractivity contribution is 0.559. The second-order valence-electron chi connectivity index (χ2n) is 6.01. The maximum Gasteiger partial charge on any atom is 0.222 e. The summed E-state index contributed by atoms with van der Waals surface area (Å²) in [7, 11) is 0. The Morgan fingerprint density at radius 3 is 2.52 bits per heavy atom. The van der Waals surface area contributed by atoms with Gasteiger partial charge in [0.25, 0.3) is 0 Å². The molecule has 0 fully saturated rings. The summed E-state index contributed by atoms with van der Waals surface area (Å²) in [5.74, 6) is -0.915. The summed E-state index contributed by atoms with van der Waals surface area (Å²) in [5.41, 5.74) is 2.63. The molecule has 0 amide bonds. The van der Waals surface area contributed by atoms with Crippen LogP contribution in [0.1, 0.15) is 16.7 Å².